The van der Waals surface area contributed by atoms with Gasteiger partial charge in [-0.05, 0) is 23.3 Å². The van der Waals surface area contributed by atoms with Gasteiger partial charge in [0.2, 0.25) is 0 Å². The number of ketones is 1. The van der Waals surface area contributed by atoms with E-state index in [1.807, 2.05) is 60.7 Å². The highest BCUT2D eigenvalue weighted by molar-refractivity contribution is 7.75. The SMILES string of the molecule is COP(=O)(OC)C(=[N+]=[N-])C(=O)c1ccc(OCc2ccccc2)cc1OCc1ccccc1. The Morgan fingerprint density at radius 1 is 0.848 bits per heavy atom. The fourth-order valence-electron chi connectivity index (χ4n) is 2.97. The van der Waals surface area contributed by atoms with Crippen LogP contribution in [0.3, 0.4) is 0 Å². The van der Waals surface area contributed by atoms with Gasteiger partial charge in [-0.2, -0.15) is 4.79 Å². The molecule has 170 valence electrons. The molecule has 0 amide bonds. The Bertz CT molecular complexity index is 1190. The fraction of sp³-hybridized carbons (Fsp3) is 0.167. The predicted octanol–water partition coefficient (Wildman–Crippen LogP) is 5.14. The van der Waals surface area contributed by atoms with Gasteiger partial charge >= 0.3 is 13.0 Å². The molecule has 0 radical (unpaired) electrons. The second kappa shape index (κ2) is 11.4. The number of ether oxygens (including phenoxy) is 2. The van der Waals surface area contributed by atoms with Gasteiger partial charge < -0.3 is 24.1 Å². The smallest absolute Gasteiger partial charge is 0.448 e. The summed E-state index contributed by atoms with van der Waals surface area (Å²) in [6.07, 6.45) is 0. The minimum atomic E-state index is -4.11. The van der Waals surface area contributed by atoms with Gasteiger partial charge in [-0.25, -0.2) is 4.57 Å². The van der Waals surface area contributed by atoms with Crippen molar-refractivity contribution < 1.29 is 32.7 Å². The zero-order valence-electron chi connectivity index (χ0n) is 18.2. The summed E-state index contributed by atoms with van der Waals surface area (Å²) in [7, 11) is -1.92. The second-order valence-corrected chi connectivity index (χ2v) is 8.97. The van der Waals surface area contributed by atoms with Crippen molar-refractivity contribution in [2.24, 2.45) is 0 Å². The summed E-state index contributed by atoms with van der Waals surface area (Å²) in [5, 5.41) is 0. The number of benzene rings is 3. The van der Waals surface area contributed by atoms with E-state index >= 15 is 0 Å². The zero-order valence-corrected chi connectivity index (χ0v) is 19.1. The van der Waals surface area contributed by atoms with Crippen LogP contribution in [0.15, 0.2) is 78.9 Å². The maximum atomic E-state index is 13.1. The summed E-state index contributed by atoms with van der Waals surface area (Å²) < 4.78 is 34.1. The molecule has 9 heteroatoms. The van der Waals surface area contributed by atoms with Crippen molar-refractivity contribution in [1.82, 2.24) is 0 Å². The molecule has 0 fully saturated rings. The molecule has 0 heterocycles. The lowest BCUT2D eigenvalue weighted by Gasteiger charge is -2.14. The molecule has 0 atom stereocenters. The van der Waals surface area contributed by atoms with Crippen LogP contribution in [-0.2, 0) is 26.8 Å². The van der Waals surface area contributed by atoms with Gasteiger partial charge in [0.1, 0.15) is 24.7 Å². The number of carbonyl (C=O) groups excluding carboxylic acids is 1. The number of rotatable bonds is 11. The second-order valence-electron chi connectivity index (χ2n) is 6.82. The van der Waals surface area contributed by atoms with Crippen LogP contribution < -0.4 is 9.47 Å². The average molecular weight is 466 g/mol. The highest BCUT2D eigenvalue weighted by atomic mass is 31.2. The standard InChI is InChI=1S/C24H23N2O6P/c1-29-33(28,30-2)24(26-25)23(27)21-14-13-20(31-16-18-9-5-3-6-10-18)15-22(21)32-17-19-11-7-4-8-12-19/h3-15H,16-17H2,1-2H3. The molecule has 0 saturated heterocycles. The van der Waals surface area contributed by atoms with Crippen molar-refractivity contribution in [2.75, 3.05) is 14.2 Å². The van der Waals surface area contributed by atoms with E-state index in [1.54, 1.807) is 12.1 Å². The molecule has 0 N–H and O–H groups in total. The average Bonchev–Trinajstić information content (AvgIpc) is 2.87. The Balaban J connectivity index is 1.92. The van der Waals surface area contributed by atoms with E-state index in [9.17, 15) is 14.9 Å². The highest BCUT2D eigenvalue weighted by Gasteiger charge is 2.45. The normalized spacial score (nSPS) is 10.8. The number of carbonyl (C=O) groups is 1. The van der Waals surface area contributed by atoms with Crippen LogP contribution in [0.25, 0.3) is 5.53 Å². The van der Waals surface area contributed by atoms with Gasteiger partial charge in [0.15, 0.2) is 0 Å². The first-order chi connectivity index (χ1) is 16.0. The van der Waals surface area contributed by atoms with Crippen LogP contribution in [-0.4, -0.2) is 30.2 Å². The van der Waals surface area contributed by atoms with E-state index in [4.69, 9.17) is 18.5 Å². The lowest BCUT2D eigenvalue weighted by molar-refractivity contribution is -0.00428. The maximum absolute atomic E-state index is 13.1. The number of hydrogen-bond acceptors (Lipinski definition) is 6. The number of Topliss-reactive ketones (excluding diaryl/α,β-unsaturated/α-hetero) is 1. The van der Waals surface area contributed by atoms with E-state index in [-0.39, 0.29) is 17.9 Å². The molecule has 33 heavy (non-hydrogen) atoms. The molecule has 0 aliphatic rings. The monoisotopic (exact) mass is 466 g/mol. The summed E-state index contributed by atoms with van der Waals surface area (Å²) in [6.45, 7) is 0.485. The molecule has 0 aromatic heterocycles. The number of nitrogens with zero attached hydrogens (tertiary/aromatic N) is 2. The van der Waals surface area contributed by atoms with E-state index in [1.165, 1.54) is 6.07 Å². The van der Waals surface area contributed by atoms with Gasteiger partial charge in [-0.15, -0.1) is 0 Å². The third-order valence-electron chi connectivity index (χ3n) is 4.72. The van der Waals surface area contributed by atoms with Crippen LogP contribution in [0.1, 0.15) is 21.5 Å². The molecule has 0 saturated carbocycles. The predicted molar refractivity (Wildman–Crippen MR) is 123 cm³/mol. The van der Waals surface area contributed by atoms with E-state index in [2.05, 4.69) is 4.79 Å². The van der Waals surface area contributed by atoms with Gasteiger partial charge in [-0.1, -0.05) is 60.7 Å². The molecular weight excluding hydrogens is 443 g/mol. The fourth-order valence-corrected chi connectivity index (χ4v) is 3.94. The third kappa shape index (κ3) is 6.04. The minimum absolute atomic E-state index is 0.0140. The summed E-state index contributed by atoms with van der Waals surface area (Å²) in [4.78, 5) is 16.0. The largest absolute Gasteiger partial charge is 0.489 e. The molecule has 0 bridgehead atoms. The molecule has 0 aliphatic heterocycles. The molecule has 0 unspecified atom stereocenters. The lowest BCUT2D eigenvalue weighted by Crippen LogP contribution is -2.19. The molecule has 3 rings (SSSR count). The Labute approximate surface area is 191 Å². The Morgan fingerprint density at radius 3 is 1.91 bits per heavy atom. The van der Waals surface area contributed by atoms with Gasteiger partial charge in [-0.3, -0.25) is 4.79 Å². The van der Waals surface area contributed by atoms with Crippen LogP contribution >= 0.6 is 7.60 Å². The molecule has 3 aromatic carbocycles. The van der Waals surface area contributed by atoms with Crippen LogP contribution in [0.2, 0.25) is 0 Å². The van der Waals surface area contributed by atoms with Crippen molar-refractivity contribution >= 4 is 18.8 Å². The minimum Gasteiger partial charge on any atom is -0.489 e. The first-order valence-corrected chi connectivity index (χ1v) is 11.5. The third-order valence-corrected chi connectivity index (χ3v) is 6.49. The van der Waals surface area contributed by atoms with Gasteiger partial charge in [0.05, 0.1) is 5.56 Å². The molecule has 3 aromatic rings. The summed E-state index contributed by atoms with van der Waals surface area (Å²) in [5.74, 6) is -0.237. The highest BCUT2D eigenvalue weighted by Crippen LogP contribution is 2.48. The van der Waals surface area contributed by atoms with Crippen molar-refractivity contribution in [1.29, 1.82) is 0 Å². The van der Waals surface area contributed by atoms with Crippen LogP contribution in [0.4, 0.5) is 0 Å². The van der Waals surface area contributed by atoms with Crippen molar-refractivity contribution in [3.63, 3.8) is 0 Å². The Kier molecular flexibility index (Phi) is 8.30. The zero-order chi connectivity index (χ0) is 23.7. The Morgan fingerprint density at radius 2 is 1.39 bits per heavy atom. The van der Waals surface area contributed by atoms with Crippen LogP contribution in [0, 0.1) is 0 Å². The van der Waals surface area contributed by atoms with E-state index in [0.29, 0.717) is 12.4 Å². The van der Waals surface area contributed by atoms with Gasteiger partial charge in [0, 0.05) is 20.3 Å². The van der Waals surface area contributed by atoms with Crippen molar-refractivity contribution in [3.05, 3.63) is 101 Å². The molecule has 0 aliphatic carbocycles. The summed E-state index contributed by atoms with van der Waals surface area (Å²) >= 11 is 0. The molecular formula is C24H23N2O6P. The quantitative estimate of drug-likeness (QED) is 0.127. The van der Waals surface area contributed by atoms with Crippen molar-refractivity contribution in [3.8, 4) is 11.5 Å². The van der Waals surface area contributed by atoms with E-state index in [0.717, 1.165) is 25.3 Å². The lowest BCUT2D eigenvalue weighted by atomic mass is 10.1. The maximum Gasteiger partial charge on any atom is 0.448 e. The molecule has 8 nitrogen and oxygen atoms in total. The topological polar surface area (TPSA) is 107 Å². The summed E-state index contributed by atoms with van der Waals surface area (Å²) in [5.41, 5.74) is 10.5. The summed E-state index contributed by atoms with van der Waals surface area (Å²) in [6, 6.07) is 23.6. The first kappa shape index (κ1) is 24.1. The number of hydrogen-bond donors (Lipinski definition) is 0. The first-order valence-electron chi connectivity index (χ1n) is 9.97. The van der Waals surface area contributed by atoms with E-state index < -0.39 is 18.8 Å². The Hall–Kier alpha value is -3.54. The van der Waals surface area contributed by atoms with Crippen molar-refractivity contribution in [2.45, 2.75) is 13.2 Å². The molecule has 0 spiro atoms. The van der Waals surface area contributed by atoms with Gasteiger partial charge in [0.25, 0.3) is 5.78 Å². The van der Waals surface area contributed by atoms with Crippen LogP contribution in [0.5, 0.6) is 11.5 Å².